The van der Waals surface area contributed by atoms with Crippen molar-refractivity contribution in [3.8, 4) is 11.5 Å². The summed E-state index contributed by atoms with van der Waals surface area (Å²) in [5, 5.41) is 1.37. The fourth-order valence-electron chi connectivity index (χ4n) is 5.70. The Morgan fingerprint density at radius 3 is 2.65 bits per heavy atom. The molecule has 7 heteroatoms. The van der Waals surface area contributed by atoms with Crippen LogP contribution >= 0.6 is 23.9 Å². The minimum Gasteiger partial charge on any atom is -0.493 e. The molecule has 2 unspecified atom stereocenters. The topological polar surface area (TPSA) is 51.7 Å². The third kappa shape index (κ3) is 5.24. The van der Waals surface area contributed by atoms with Gasteiger partial charge in [0.2, 0.25) is 0 Å². The first-order valence-corrected chi connectivity index (χ1v) is 12.9. The summed E-state index contributed by atoms with van der Waals surface area (Å²) in [6.45, 7) is 1.83. The van der Waals surface area contributed by atoms with Crippen molar-refractivity contribution in [1.82, 2.24) is 9.27 Å². The number of piperidine rings is 1. The van der Waals surface area contributed by atoms with E-state index in [1.807, 2.05) is 18.2 Å². The van der Waals surface area contributed by atoms with Crippen LogP contribution in [0.2, 0.25) is 0 Å². The standard InChI is InChI=1S/C27H32N2O3S.ClH/c1-31-25-16-19(12-14-30)8-11-24(25)32-15-5-4-13-29-21-9-10-22(29)18-20(17-21)27-23-6-2-3-7-26(23)33-28-27;/h2-3,6-8,11,14,16,20-22H,4-5,9-10,12-13,15,17-18H2,1H3;1H. The SMILES string of the molecule is COc1cc(CC=O)ccc1OCCCCN1C2CCC1CC(c1nsc3ccccc13)C2.Cl. The summed E-state index contributed by atoms with van der Waals surface area (Å²) >= 11 is 1.65. The molecule has 3 aromatic rings. The van der Waals surface area contributed by atoms with Gasteiger partial charge >= 0.3 is 0 Å². The van der Waals surface area contributed by atoms with Crippen molar-refractivity contribution in [3.63, 3.8) is 0 Å². The Bertz CT molecular complexity index is 1090. The number of methoxy groups -OCH3 is 1. The van der Waals surface area contributed by atoms with E-state index in [2.05, 4.69) is 29.2 Å². The molecule has 2 atom stereocenters. The Kier molecular flexibility index (Phi) is 8.46. The zero-order valence-corrected chi connectivity index (χ0v) is 21.3. The molecule has 2 aliphatic rings. The van der Waals surface area contributed by atoms with Gasteiger partial charge in [-0.25, -0.2) is 0 Å². The predicted molar refractivity (Wildman–Crippen MR) is 140 cm³/mol. The number of benzene rings is 2. The van der Waals surface area contributed by atoms with Crippen molar-refractivity contribution in [2.24, 2.45) is 0 Å². The van der Waals surface area contributed by atoms with Gasteiger partial charge in [-0.1, -0.05) is 24.3 Å². The van der Waals surface area contributed by atoms with Gasteiger partial charge in [0.05, 0.1) is 24.1 Å². The minimum absolute atomic E-state index is 0. The van der Waals surface area contributed by atoms with Crippen molar-refractivity contribution in [2.45, 2.75) is 62.9 Å². The number of aromatic nitrogens is 1. The van der Waals surface area contributed by atoms with Crippen molar-refractivity contribution in [1.29, 1.82) is 0 Å². The monoisotopic (exact) mass is 500 g/mol. The molecular weight excluding hydrogens is 468 g/mol. The van der Waals surface area contributed by atoms with Crippen LogP contribution in [0.4, 0.5) is 0 Å². The smallest absolute Gasteiger partial charge is 0.161 e. The van der Waals surface area contributed by atoms with Gasteiger partial charge in [0, 0.05) is 29.8 Å². The predicted octanol–water partition coefficient (Wildman–Crippen LogP) is 6.04. The second-order valence-corrected chi connectivity index (χ2v) is 10.1. The number of halogens is 1. The summed E-state index contributed by atoms with van der Waals surface area (Å²) in [6, 6.07) is 15.8. The van der Waals surface area contributed by atoms with Crippen LogP contribution in [-0.2, 0) is 11.2 Å². The normalized spacial score (nSPS) is 21.9. The van der Waals surface area contributed by atoms with E-state index < -0.39 is 0 Å². The van der Waals surface area contributed by atoms with E-state index in [4.69, 9.17) is 13.8 Å². The van der Waals surface area contributed by atoms with Crippen molar-refractivity contribution < 1.29 is 14.3 Å². The Hall–Kier alpha value is -2.15. The lowest BCUT2D eigenvalue weighted by molar-refractivity contribution is -0.107. The van der Waals surface area contributed by atoms with E-state index in [9.17, 15) is 4.79 Å². The number of nitrogens with zero attached hydrogens (tertiary/aromatic N) is 2. The highest BCUT2D eigenvalue weighted by Crippen LogP contribution is 2.44. The van der Waals surface area contributed by atoms with Gasteiger partial charge in [-0.3, -0.25) is 4.90 Å². The third-order valence-corrected chi connectivity index (χ3v) is 8.13. The van der Waals surface area contributed by atoms with E-state index in [0.29, 0.717) is 36.8 Å². The van der Waals surface area contributed by atoms with Gasteiger partial charge in [-0.2, -0.15) is 4.37 Å². The minimum atomic E-state index is 0. The highest BCUT2D eigenvalue weighted by molar-refractivity contribution is 7.13. The molecule has 182 valence electrons. The van der Waals surface area contributed by atoms with Gasteiger partial charge in [-0.05, 0) is 80.4 Å². The van der Waals surface area contributed by atoms with Crippen LogP contribution in [0.5, 0.6) is 11.5 Å². The quantitative estimate of drug-likeness (QED) is 0.251. The maximum atomic E-state index is 10.7. The average Bonchev–Trinajstić information content (AvgIpc) is 3.37. The molecule has 3 heterocycles. The Balaban J connectivity index is 0.00000274. The summed E-state index contributed by atoms with van der Waals surface area (Å²) < 4.78 is 17.6. The Labute approximate surface area is 212 Å². The number of hydrogen-bond donors (Lipinski definition) is 0. The Morgan fingerprint density at radius 2 is 1.88 bits per heavy atom. The van der Waals surface area contributed by atoms with E-state index in [-0.39, 0.29) is 12.4 Å². The Morgan fingerprint density at radius 1 is 1.09 bits per heavy atom. The van der Waals surface area contributed by atoms with Gasteiger partial charge in [-0.15, -0.1) is 12.4 Å². The maximum absolute atomic E-state index is 10.7. The van der Waals surface area contributed by atoms with Gasteiger partial charge in [0.25, 0.3) is 0 Å². The zero-order chi connectivity index (χ0) is 22.6. The number of hydrogen-bond acceptors (Lipinski definition) is 6. The van der Waals surface area contributed by atoms with Crippen molar-refractivity contribution >= 4 is 40.3 Å². The molecule has 2 fully saturated rings. The number of unbranched alkanes of at least 4 members (excludes halogenated alkanes) is 1. The molecule has 0 amide bonds. The highest BCUT2D eigenvalue weighted by Gasteiger charge is 2.41. The molecule has 34 heavy (non-hydrogen) atoms. The summed E-state index contributed by atoms with van der Waals surface area (Å²) in [4.78, 5) is 13.5. The summed E-state index contributed by atoms with van der Waals surface area (Å²) in [6.07, 6.45) is 8.60. The van der Waals surface area contributed by atoms with E-state index >= 15 is 0 Å². The maximum Gasteiger partial charge on any atom is 0.161 e. The fraction of sp³-hybridized carbons (Fsp3) is 0.481. The van der Waals surface area contributed by atoms with Crippen LogP contribution in [0.1, 0.15) is 55.7 Å². The van der Waals surface area contributed by atoms with Crippen LogP contribution in [0.3, 0.4) is 0 Å². The summed E-state index contributed by atoms with van der Waals surface area (Å²) in [7, 11) is 1.64. The van der Waals surface area contributed by atoms with Crippen LogP contribution in [-0.4, -0.2) is 47.9 Å². The first-order valence-electron chi connectivity index (χ1n) is 12.1. The molecular formula is C27H33ClN2O3S. The largest absolute Gasteiger partial charge is 0.493 e. The fourth-order valence-corrected chi connectivity index (χ4v) is 6.55. The van der Waals surface area contributed by atoms with Crippen LogP contribution in [0.25, 0.3) is 10.1 Å². The van der Waals surface area contributed by atoms with Crippen LogP contribution < -0.4 is 9.47 Å². The van der Waals surface area contributed by atoms with E-state index in [1.54, 1.807) is 18.6 Å². The van der Waals surface area contributed by atoms with Crippen LogP contribution in [0, 0.1) is 0 Å². The number of fused-ring (bicyclic) bond motifs is 3. The number of aldehydes is 1. The molecule has 2 bridgehead atoms. The molecule has 0 radical (unpaired) electrons. The molecule has 5 rings (SSSR count). The van der Waals surface area contributed by atoms with E-state index in [1.165, 1.54) is 41.5 Å². The molecule has 2 saturated heterocycles. The lowest BCUT2D eigenvalue weighted by Crippen LogP contribution is -2.42. The highest BCUT2D eigenvalue weighted by atomic mass is 35.5. The molecule has 0 aliphatic carbocycles. The van der Waals surface area contributed by atoms with Crippen molar-refractivity contribution in [3.05, 3.63) is 53.7 Å². The lowest BCUT2D eigenvalue weighted by atomic mass is 9.86. The molecule has 1 aromatic heterocycles. The second kappa shape index (κ2) is 11.5. The molecule has 0 N–H and O–H groups in total. The first-order chi connectivity index (χ1) is 16.3. The first kappa shape index (κ1) is 25.0. The van der Waals surface area contributed by atoms with Gasteiger partial charge in [0.15, 0.2) is 11.5 Å². The molecule has 2 aliphatic heterocycles. The molecule has 2 aromatic carbocycles. The number of rotatable bonds is 10. The zero-order valence-electron chi connectivity index (χ0n) is 19.7. The lowest BCUT2D eigenvalue weighted by Gasteiger charge is -2.38. The number of carbonyl (C=O) groups excluding carboxylic acids is 1. The number of ether oxygens (including phenoxy) is 2. The average molecular weight is 501 g/mol. The summed E-state index contributed by atoms with van der Waals surface area (Å²) in [5.74, 6) is 2.06. The molecule has 5 nitrogen and oxygen atoms in total. The second-order valence-electron chi connectivity index (χ2n) is 9.27. The summed E-state index contributed by atoms with van der Waals surface area (Å²) in [5.41, 5.74) is 2.28. The van der Waals surface area contributed by atoms with Gasteiger partial charge in [0.1, 0.15) is 6.29 Å². The van der Waals surface area contributed by atoms with Crippen LogP contribution in [0.15, 0.2) is 42.5 Å². The third-order valence-electron chi connectivity index (χ3n) is 7.29. The van der Waals surface area contributed by atoms with Crippen molar-refractivity contribution in [2.75, 3.05) is 20.3 Å². The van der Waals surface area contributed by atoms with Gasteiger partial charge < -0.3 is 14.3 Å². The molecule has 0 saturated carbocycles. The van der Waals surface area contributed by atoms with E-state index in [0.717, 1.165) is 37.0 Å². The molecule has 0 spiro atoms. The number of carbonyl (C=O) groups is 1.